The summed E-state index contributed by atoms with van der Waals surface area (Å²) in [4.78, 5) is 2.59. The van der Waals surface area contributed by atoms with Crippen molar-refractivity contribution in [3.63, 3.8) is 0 Å². The molecule has 1 aliphatic carbocycles. The third-order valence-corrected chi connectivity index (χ3v) is 4.77. The van der Waals surface area contributed by atoms with Gasteiger partial charge in [-0.25, -0.2) is 0 Å². The van der Waals surface area contributed by atoms with Crippen molar-refractivity contribution in [3.05, 3.63) is 29.8 Å². The monoisotopic (exact) mass is 245 g/mol. The fourth-order valence-corrected chi connectivity index (χ4v) is 3.73. The zero-order chi connectivity index (χ0) is 12.4. The second-order valence-electron chi connectivity index (χ2n) is 6.19. The van der Waals surface area contributed by atoms with Crippen LogP contribution in [-0.2, 0) is 6.54 Å². The number of phenolic OH excluding ortho intramolecular Hbond substituents is 1. The van der Waals surface area contributed by atoms with Crippen molar-refractivity contribution in [3.8, 4) is 5.75 Å². The van der Waals surface area contributed by atoms with Gasteiger partial charge in [0.2, 0.25) is 0 Å². The number of hydrogen-bond donors (Lipinski definition) is 1. The molecule has 1 spiro atoms. The second-order valence-corrected chi connectivity index (χ2v) is 6.19. The van der Waals surface area contributed by atoms with E-state index in [2.05, 4.69) is 4.90 Å². The topological polar surface area (TPSA) is 23.5 Å². The van der Waals surface area contributed by atoms with Crippen LogP contribution >= 0.6 is 0 Å². The quantitative estimate of drug-likeness (QED) is 0.861. The molecule has 1 saturated carbocycles. The Bertz CT molecular complexity index is 392. The molecular weight excluding hydrogens is 222 g/mol. The molecule has 3 rings (SSSR count). The maximum absolute atomic E-state index is 9.30. The normalized spacial score (nSPS) is 23.6. The van der Waals surface area contributed by atoms with Crippen molar-refractivity contribution < 1.29 is 5.11 Å². The van der Waals surface area contributed by atoms with Crippen LogP contribution in [0.1, 0.15) is 44.1 Å². The molecule has 1 aromatic rings. The van der Waals surface area contributed by atoms with Crippen molar-refractivity contribution in [1.29, 1.82) is 0 Å². The van der Waals surface area contributed by atoms with Crippen LogP contribution < -0.4 is 0 Å². The van der Waals surface area contributed by atoms with Gasteiger partial charge in [0.1, 0.15) is 5.75 Å². The van der Waals surface area contributed by atoms with E-state index in [0.29, 0.717) is 11.2 Å². The maximum Gasteiger partial charge on any atom is 0.115 e. The lowest BCUT2D eigenvalue weighted by molar-refractivity contribution is 0.183. The van der Waals surface area contributed by atoms with Crippen LogP contribution in [0.3, 0.4) is 0 Å². The number of phenols is 1. The van der Waals surface area contributed by atoms with E-state index in [1.54, 1.807) is 12.1 Å². The largest absolute Gasteiger partial charge is 0.508 e. The molecule has 2 fully saturated rings. The highest BCUT2D eigenvalue weighted by Crippen LogP contribution is 2.43. The standard InChI is InChI=1S/C16H23NO/c18-15-6-4-14(5-7-15)12-17-11-10-16(13-17)8-2-1-3-9-16/h4-7,18H,1-3,8-13H2. The summed E-state index contributed by atoms with van der Waals surface area (Å²) in [5.74, 6) is 0.365. The van der Waals surface area contributed by atoms with Crippen molar-refractivity contribution in [1.82, 2.24) is 4.90 Å². The van der Waals surface area contributed by atoms with E-state index >= 15 is 0 Å². The summed E-state index contributed by atoms with van der Waals surface area (Å²) in [5.41, 5.74) is 1.97. The van der Waals surface area contributed by atoms with Crippen molar-refractivity contribution >= 4 is 0 Å². The van der Waals surface area contributed by atoms with E-state index in [-0.39, 0.29) is 0 Å². The van der Waals surface area contributed by atoms with Gasteiger partial charge in [0, 0.05) is 13.1 Å². The molecule has 2 nitrogen and oxygen atoms in total. The first-order valence-electron chi connectivity index (χ1n) is 7.26. The number of benzene rings is 1. The lowest BCUT2D eigenvalue weighted by Gasteiger charge is -2.33. The van der Waals surface area contributed by atoms with Crippen LogP contribution in [0.2, 0.25) is 0 Å². The highest BCUT2D eigenvalue weighted by atomic mass is 16.3. The molecule has 0 radical (unpaired) electrons. The van der Waals surface area contributed by atoms with Crippen molar-refractivity contribution in [2.45, 2.75) is 45.1 Å². The van der Waals surface area contributed by atoms with Crippen molar-refractivity contribution in [2.75, 3.05) is 13.1 Å². The van der Waals surface area contributed by atoms with Gasteiger partial charge in [-0.15, -0.1) is 0 Å². The Morgan fingerprint density at radius 2 is 1.72 bits per heavy atom. The zero-order valence-electron chi connectivity index (χ0n) is 11.1. The van der Waals surface area contributed by atoms with Gasteiger partial charge in [0.15, 0.2) is 0 Å². The molecular formula is C16H23NO. The Balaban J connectivity index is 1.60. The van der Waals surface area contributed by atoms with Gasteiger partial charge in [0.25, 0.3) is 0 Å². The first-order valence-corrected chi connectivity index (χ1v) is 7.26. The molecule has 0 aromatic heterocycles. The van der Waals surface area contributed by atoms with E-state index in [1.807, 2.05) is 12.1 Å². The first kappa shape index (κ1) is 12.0. The van der Waals surface area contributed by atoms with Gasteiger partial charge in [-0.3, -0.25) is 4.90 Å². The van der Waals surface area contributed by atoms with Crippen LogP contribution in [0.15, 0.2) is 24.3 Å². The van der Waals surface area contributed by atoms with Crippen LogP contribution in [0.25, 0.3) is 0 Å². The number of likely N-dealkylation sites (tertiary alicyclic amines) is 1. The Morgan fingerprint density at radius 1 is 1.00 bits per heavy atom. The van der Waals surface area contributed by atoms with E-state index in [1.165, 1.54) is 57.2 Å². The molecule has 0 atom stereocenters. The van der Waals surface area contributed by atoms with Gasteiger partial charge >= 0.3 is 0 Å². The zero-order valence-corrected chi connectivity index (χ0v) is 11.1. The predicted molar refractivity (Wildman–Crippen MR) is 73.5 cm³/mol. The number of nitrogens with zero attached hydrogens (tertiary/aromatic N) is 1. The molecule has 0 bridgehead atoms. The maximum atomic E-state index is 9.30. The smallest absolute Gasteiger partial charge is 0.115 e. The summed E-state index contributed by atoms with van der Waals surface area (Å²) < 4.78 is 0. The van der Waals surface area contributed by atoms with E-state index in [4.69, 9.17) is 0 Å². The third-order valence-electron chi connectivity index (χ3n) is 4.77. The van der Waals surface area contributed by atoms with Gasteiger partial charge in [0.05, 0.1) is 0 Å². The van der Waals surface area contributed by atoms with E-state index < -0.39 is 0 Å². The summed E-state index contributed by atoms with van der Waals surface area (Å²) in [7, 11) is 0. The van der Waals surface area contributed by atoms with Crippen molar-refractivity contribution in [2.24, 2.45) is 5.41 Å². The van der Waals surface area contributed by atoms with Crippen LogP contribution in [0, 0.1) is 5.41 Å². The number of hydrogen-bond acceptors (Lipinski definition) is 2. The van der Waals surface area contributed by atoms with Gasteiger partial charge in [-0.2, -0.15) is 0 Å². The highest BCUT2D eigenvalue weighted by molar-refractivity contribution is 5.25. The number of aromatic hydroxyl groups is 1. The van der Waals surface area contributed by atoms with Crippen LogP contribution in [0.5, 0.6) is 5.75 Å². The minimum Gasteiger partial charge on any atom is -0.508 e. The number of rotatable bonds is 2. The third kappa shape index (κ3) is 2.54. The molecule has 1 aliphatic heterocycles. The summed E-state index contributed by atoms with van der Waals surface area (Å²) in [6.45, 7) is 3.58. The van der Waals surface area contributed by atoms with Gasteiger partial charge < -0.3 is 5.11 Å². The molecule has 1 N–H and O–H groups in total. The molecule has 0 amide bonds. The molecule has 2 heteroatoms. The molecule has 98 valence electrons. The lowest BCUT2D eigenvalue weighted by atomic mass is 9.73. The fourth-order valence-electron chi connectivity index (χ4n) is 3.73. The van der Waals surface area contributed by atoms with Gasteiger partial charge in [-0.05, 0) is 48.9 Å². The molecule has 2 aliphatic rings. The lowest BCUT2D eigenvalue weighted by Crippen LogP contribution is -2.28. The molecule has 1 saturated heterocycles. The Hall–Kier alpha value is -1.02. The van der Waals surface area contributed by atoms with E-state index in [0.717, 1.165) is 6.54 Å². The molecule has 18 heavy (non-hydrogen) atoms. The molecule has 1 heterocycles. The molecule has 0 unspecified atom stereocenters. The average Bonchev–Trinajstić information content (AvgIpc) is 2.76. The van der Waals surface area contributed by atoms with E-state index in [9.17, 15) is 5.11 Å². The van der Waals surface area contributed by atoms with Crippen LogP contribution in [-0.4, -0.2) is 23.1 Å². The SMILES string of the molecule is Oc1ccc(CN2CCC3(CCCCC3)C2)cc1. The summed E-state index contributed by atoms with van der Waals surface area (Å²) >= 11 is 0. The summed E-state index contributed by atoms with van der Waals surface area (Å²) in [5, 5.41) is 9.30. The Labute approximate surface area is 110 Å². The Kier molecular flexibility index (Phi) is 3.29. The van der Waals surface area contributed by atoms with Crippen LogP contribution in [0.4, 0.5) is 0 Å². The Morgan fingerprint density at radius 3 is 2.44 bits per heavy atom. The summed E-state index contributed by atoms with van der Waals surface area (Å²) in [6, 6.07) is 7.67. The van der Waals surface area contributed by atoms with Gasteiger partial charge in [-0.1, -0.05) is 31.4 Å². The minimum atomic E-state index is 0.365. The summed E-state index contributed by atoms with van der Waals surface area (Å²) in [6.07, 6.45) is 8.60. The average molecular weight is 245 g/mol. The molecule has 1 aromatic carbocycles. The predicted octanol–water partition coefficient (Wildman–Crippen LogP) is 3.55. The second kappa shape index (κ2) is 4.93. The fraction of sp³-hybridized carbons (Fsp3) is 0.625. The minimum absolute atomic E-state index is 0.365. The first-order chi connectivity index (χ1) is 8.76. The highest BCUT2D eigenvalue weighted by Gasteiger charge is 2.38.